The van der Waals surface area contributed by atoms with Gasteiger partial charge in [-0.3, -0.25) is 9.69 Å². The van der Waals surface area contributed by atoms with Gasteiger partial charge in [-0.1, -0.05) is 18.2 Å². The van der Waals surface area contributed by atoms with E-state index in [-0.39, 0.29) is 17.8 Å². The Hall–Kier alpha value is -1.50. The molecule has 1 amide bonds. The number of carbonyl (C=O) groups is 1. The minimum absolute atomic E-state index is 0.0237. The van der Waals surface area contributed by atoms with Crippen LogP contribution in [0.2, 0.25) is 0 Å². The number of nitrogens with two attached hydrogens (primary N) is 1. The van der Waals surface area contributed by atoms with Crippen molar-refractivity contribution in [2.24, 2.45) is 5.73 Å². The number of benzene rings is 1. The Labute approximate surface area is 130 Å². The van der Waals surface area contributed by atoms with E-state index in [2.05, 4.69) is 5.32 Å². The zero-order chi connectivity index (χ0) is 15.9. The van der Waals surface area contributed by atoms with Crippen molar-refractivity contribution in [2.75, 3.05) is 32.8 Å². The van der Waals surface area contributed by atoms with E-state index in [0.717, 1.165) is 0 Å². The average Bonchev–Trinajstić information content (AvgIpc) is 2.50. The normalized spacial score (nSPS) is 18.7. The summed E-state index contributed by atoms with van der Waals surface area (Å²) in [6.45, 7) is 4.71. The fraction of sp³-hybridized carbons (Fsp3) is 0.562. The Kier molecular flexibility index (Phi) is 6.30. The van der Waals surface area contributed by atoms with Crippen LogP contribution in [0.4, 0.5) is 4.39 Å². The fourth-order valence-corrected chi connectivity index (χ4v) is 2.56. The minimum atomic E-state index is -0.627. The molecule has 1 aromatic rings. The van der Waals surface area contributed by atoms with Gasteiger partial charge in [0.25, 0.3) is 0 Å². The second-order valence-corrected chi connectivity index (χ2v) is 5.63. The van der Waals surface area contributed by atoms with Crippen molar-refractivity contribution >= 4 is 5.91 Å². The maximum absolute atomic E-state index is 14.1. The molecule has 0 aromatic heterocycles. The van der Waals surface area contributed by atoms with Gasteiger partial charge in [0.1, 0.15) is 11.9 Å². The van der Waals surface area contributed by atoms with Gasteiger partial charge in [-0.25, -0.2) is 4.39 Å². The molecule has 2 rings (SSSR count). The fourth-order valence-electron chi connectivity index (χ4n) is 2.56. The Morgan fingerprint density at radius 1 is 1.41 bits per heavy atom. The van der Waals surface area contributed by atoms with E-state index in [0.29, 0.717) is 44.8 Å². The Balaban J connectivity index is 2.14. The molecule has 0 saturated carbocycles. The topological polar surface area (TPSA) is 67.6 Å². The molecule has 0 bridgehead atoms. The molecule has 1 saturated heterocycles. The lowest BCUT2D eigenvalue weighted by atomic mass is 10.0. The molecule has 1 aromatic carbocycles. The monoisotopic (exact) mass is 309 g/mol. The average molecular weight is 309 g/mol. The lowest BCUT2D eigenvalue weighted by molar-refractivity contribution is -0.128. The Bertz CT molecular complexity index is 490. The second kappa shape index (κ2) is 8.22. The van der Waals surface area contributed by atoms with Crippen molar-refractivity contribution in [1.82, 2.24) is 10.2 Å². The highest BCUT2D eigenvalue weighted by molar-refractivity contribution is 5.83. The molecule has 1 fully saturated rings. The standard InChI is InChI=1S/C16H24FN3O2/c1-12(18)6-7-19-16(21)15(20-8-10-22-11-9-20)13-4-2-3-5-14(13)17/h2-5,12,15H,6-11,18H2,1H3,(H,19,21). The highest BCUT2D eigenvalue weighted by atomic mass is 19.1. The van der Waals surface area contributed by atoms with Crippen molar-refractivity contribution in [1.29, 1.82) is 0 Å². The third kappa shape index (κ3) is 4.50. The van der Waals surface area contributed by atoms with Gasteiger partial charge in [0.2, 0.25) is 5.91 Å². The van der Waals surface area contributed by atoms with E-state index in [1.54, 1.807) is 18.2 Å². The molecule has 0 radical (unpaired) electrons. The van der Waals surface area contributed by atoms with E-state index in [9.17, 15) is 9.18 Å². The third-order valence-electron chi connectivity index (χ3n) is 3.76. The van der Waals surface area contributed by atoms with Crippen LogP contribution in [0.5, 0.6) is 0 Å². The van der Waals surface area contributed by atoms with Gasteiger partial charge in [-0.2, -0.15) is 0 Å². The zero-order valence-electron chi connectivity index (χ0n) is 12.9. The second-order valence-electron chi connectivity index (χ2n) is 5.63. The molecule has 1 aliphatic rings. The minimum Gasteiger partial charge on any atom is -0.379 e. The molecule has 0 spiro atoms. The molecule has 2 atom stereocenters. The number of hydrogen-bond acceptors (Lipinski definition) is 4. The van der Waals surface area contributed by atoms with Crippen LogP contribution in [0.25, 0.3) is 0 Å². The number of hydrogen-bond donors (Lipinski definition) is 2. The SMILES string of the molecule is CC(N)CCNC(=O)C(c1ccccc1F)N1CCOCC1. The van der Waals surface area contributed by atoms with Gasteiger partial charge in [0.05, 0.1) is 13.2 Å². The van der Waals surface area contributed by atoms with Crippen LogP contribution in [-0.4, -0.2) is 49.7 Å². The van der Waals surface area contributed by atoms with Crippen molar-refractivity contribution in [3.63, 3.8) is 0 Å². The molecule has 0 aliphatic carbocycles. The first-order valence-electron chi connectivity index (χ1n) is 7.69. The van der Waals surface area contributed by atoms with Gasteiger partial charge < -0.3 is 15.8 Å². The van der Waals surface area contributed by atoms with Gasteiger partial charge in [0, 0.05) is 31.2 Å². The summed E-state index contributed by atoms with van der Waals surface area (Å²) < 4.78 is 19.5. The van der Waals surface area contributed by atoms with Crippen molar-refractivity contribution in [2.45, 2.75) is 25.4 Å². The third-order valence-corrected chi connectivity index (χ3v) is 3.76. The largest absolute Gasteiger partial charge is 0.379 e. The van der Waals surface area contributed by atoms with Crippen molar-refractivity contribution < 1.29 is 13.9 Å². The molecule has 3 N–H and O–H groups in total. The van der Waals surface area contributed by atoms with Gasteiger partial charge in [0.15, 0.2) is 0 Å². The van der Waals surface area contributed by atoms with Crippen LogP contribution in [0.1, 0.15) is 24.9 Å². The summed E-state index contributed by atoms with van der Waals surface area (Å²) in [6, 6.07) is 5.83. The van der Waals surface area contributed by atoms with Crippen LogP contribution >= 0.6 is 0 Å². The summed E-state index contributed by atoms with van der Waals surface area (Å²) in [5.74, 6) is -0.547. The first-order chi connectivity index (χ1) is 10.6. The van der Waals surface area contributed by atoms with E-state index < -0.39 is 6.04 Å². The summed E-state index contributed by atoms with van der Waals surface area (Å²) in [6.07, 6.45) is 0.693. The number of nitrogens with zero attached hydrogens (tertiary/aromatic N) is 1. The molecular formula is C16H24FN3O2. The van der Waals surface area contributed by atoms with E-state index in [1.807, 2.05) is 11.8 Å². The molecule has 1 aliphatic heterocycles. The molecule has 6 heteroatoms. The number of amides is 1. The highest BCUT2D eigenvalue weighted by Crippen LogP contribution is 2.24. The Morgan fingerprint density at radius 2 is 2.09 bits per heavy atom. The van der Waals surface area contributed by atoms with Gasteiger partial charge >= 0.3 is 0 Å². The smallest absolute Gasteiger partial charge is 0.242 e. The van der Waals surface area contributed by atoms with Crippen LogP contribution in [-0.2, 0) is 9.53 Å². The van der Waals surface area contributed by atoms with Gasteiger partial charge in [-0.15, -0.1) is 0 Å². The summed E-state index contributed by atoms with van der Waals surface area (Å²) in [5, 5.41) is 2.87. The Morgan fingerprint density at radius 3 is 2.73 bits per heavy atom. The number of ether oxygens (including phenoxy) is 1. The summed E-state index contributed by atoms with van der Waals surface area (Å²) >= 11 is 0. The van der Waals surface area contributed by atoms with E-state index >= 15 is 0 Å². The highest BCUT2D eigenvalue weighted by Gasteiger charge is 2.30. The van der Waals surface area contributed by atoms with E-state index in [1.165, 1.54) is 6.07 Å². The van der Waals surface area contributed by atoms with Crippen LogP contribution in [0.3, 0.4) is 0 Å². The van der Waals surface area contributed by atoms with Crippen molar-refractivity contribution in [3.8, 4) is 0 Å². The molecule has 1 heterocycles. The molecule has 5 nitrogen and oxygen atoms in total. The number of morpholine rings is 1. The summed E-state index contributed by atoms with van der Waals surface area (Å²) in [4.78, 5) is 14.5. The predicted octanol–water partition coefficient (Wildman–Crippen LogP) is 1.05. The zero-order valence-corrected chi connectivity index (χ0v) is 12.9. The first kappa shape index (κ1) is 16.9. The molecule has 2 unspecified atom stereocenters. The van der Waals surface area contributed by atoms with Crippen LogP contribution < -0.4 is 11.1 Å². The summed E-state index contributed by atoms with van der Waals surface area (Å²) in [5.41, 5.74) is 6.10. The van der Waals surface area contributed by atoms with Crippen molar-refractivity contribution in [3.05, 3.63) is 35.6 Å². The van der Waals surface area contributed by atoms with Crippen LogP contribution in [0, 0.1) is 5.82 Å². The molecular weight excluding hydrogens is 285 g/mol. The maximum atomic E-state index is 14.1. The molecule has 22 heavy (non-hydrogen) atoms. The maximum Gasteiger partial charge on any atom is 0.242 e. The number of carbonyl (C=O) groups excluding carboxylic acids is 1. The predicted molar refractivity (Wildman–Crippen MR) is 82.8 cm³/mol. The number of halogens is 1. The van der Waals surface area contributed by atoms with Gasteiger partial charge in [-0.05, 0) is 19.4 Å². The number of nitrogens with one attached hydrogen (secondary N) is 1. The number of rotatable bonds is 6. The molecule has 122 valence electrons. The lowest BCUT2D eigenvalue weighted by Crippen LogP contribution is -2.46. The first-order valence-corrected chi connectivity index (χ1v) is 7.69. The lowest BCUT2D eigenvalue weighted by Gasteiger charge is -2.34. The quantitative estimate of drug-likeness (QED) is 0.824. The van der Waals surface area contributed by atoms with Crippen LogP contribution in [0.15, 0.2) is 24.3 Å². The van der Waals surface area contributed by atoms with E-state index in [4.69, 9.17) is 10.5 Å². The summed E-state index contributed by atoms with van der Waals surface area (Å²) in [7, 11) is 0.